The highest BCUT2D eigenvalue weighted by Crippen LogP contribution is 2.11. The summed E-state index contributed by atoms with van der Waals surface area (Å²) in [5.74, 6) is -0.124. The SMILES string of the molecule is O=C(NCCCN1CCOCC1)c1[nH]ncc1Br. The monoisotopic (exact) mass is 316 g/mol. The van der Waals surface area contributed by atoms with Gasteiger partial charge in [-0.25, -0.2) is 0 Å². The van der Waals surface area contributed by atoms with Gasteiger partial charge in [0.15, 0.2) is 0 Å². The second-order valence-electron chi connectivity index (χ2n) is 4.16. The third-order valence-electron chi connectivity index (χ3n) is 2.86. The summed E-state index contributed by atoms with van der Waals surface area (Å²) >= 11 is 3.26. The summed E-state index contributed by atoms with van der Waals surface area (Å²) in [6.07, 6.45) is 2.51. The Balaban J connectivity index is 1.63. The van der Waals surface area contributed by atoms with Crippen LogP contribution in [0.5, 0.6) is 0 Å². The lowest BCUT2D eigenvalue weighted by molar-refractivity contribution is 0.0374. The molecule has 1 fully saturated rings. The van der Waals surface area contributed by atoms with E-state index in [2.05, 4.69) is 36.3 Å². The molecule has 1 aliphatic rings. The quantitative estimate of drug-likeness (QED) is 0.781. The van der Waals surface area contributed by atoms with Gasteiger partial charge in [-0.1, -0.05) is 0 Å². The number of rotatable bonds is 5. The average molecular weight is 317 g/mol. The fourth-order valence-corrected chi connectivity index (χ4v) is 2.22. The Morgan fingerprint density at radius 1 is 1.56 bits per heavy atom. The summed E-state index contributed by atoms with van der Waals surface area (Å²) in [6, 6.07) is 0. The van der Waals surface area contributed by atoms with Crippen LogP contribution in [-0.2, 0) is 4.74 Å². The summed E-state index contributed by atoms with van der Waals surface area (Å²) < 4.78 is 5.97. The minimum Gasteiger partial charge on any atom is -0.379 e. The molecule has 1 amide bonds. The Hall–Kier alpha value is -0.920. The van der Waals surface area contributed by atoms with Gasteiger partial charge in [-0.2, -0.15) is 5.10 Å². The second-order valence-corrected chi connectivity index (χ2v) is 5.01. The third-order valence-corrected chi connectivity index (χ3v) is 3.46. The lowest BCUT2D eigenvalue weighted by atomic mass is 10.3. The highest BCUT2D eigenvalue weighted by Gasteiger charge is 2.12. The molecule has 1 aromatic heterocycles. The van der Waals surface area contributed by atoms with Gasteiger partial charge in [0.05, 0.1) is 23.9 Å². The number of nitrogens with zero attached hydrogens (tertiary/aromatic N) is 2. The van der Waals surface area contributed by atoms with Crippen molar-refractivity contribution in [2.45, 2.75) is 6.42 Å². The highest BCUT2D eigenvalue weighted by atomic mass is 79.9. The van der Waals surface area contributed by atoms with Crippen molar-refractivity contribution >= 4 is 21.8 Å². The number of carbonyl (C=O) groups is 1. The Bertz CT molecular complexity index is 390. The molecule has 1 saturated heterocycles. The van der Waals surface area contributed by atoms with Crippen molar-refractivity contribution in [2.75, 3.05) is 39.4 Å². The molecule has 0 aliphatic carbocycles. The van der Waals surface area contributed by atoms with Gasteiger partial charge in [-0.05, 0) is 28.9 Å². The van der Waals surface area contributed by atoms with E-state index in [1.54, 1.807) is 6.20 Å². The van der Waals surface area contributed by atoms with E-state index in [-0.39, 0.29) is 5.91 Å². The first kappa shape index (κ1) is 13.5. The van der Waals surface area contributed by atoms with Gasteiger partial charge in [0.1, 0.15) is 5.69 Å². The van der Waals surface area contributed by atoms with Crippen LogP contribution in [0.3, 0.4) is 0 Å². The molecule has 0 spiro atoms. The van der Waals surface area contributed by atoms with Crippen LogP contribution in [0.4, 0.5) is 0 Å². The molecule has 2 N–H and O–H groups in total. The fraction of sp³-hybridized carbons (Fsp3) is 0.636. The lowest BCUT2D eigenvalue weighted by Gasteiger charge is -2.26. The number of carbonyl (C=O) groups excluding carboxylic acids is 1. The molecule has 1 aliphatic heterocycles. The number of hydrogen-bond donors (Lipinski definition) is 2. The molecule has 0 unspecified atom stereocenters. The molecule has 2 heterocycles. The van der Waals surface area contributed by atoms with Crippen molar-refractivity contribution in [1.82, 2.24) is 20.4 Å². The molecule has 1 aromatic rings. The van der Waals surface area contributed by atoms with E-state index in [1.807, 2.05) is 0 Å². The summed E-state index contributed by atoms with van der Waals surface area (Å²) in [4.78, 5) is 14.1. The van der Waals surface area contributed by atoms with Crippen molar-refractivity contribution in [3.63, 3.8) is 0 Å². The Kier molecular flexibility index (Phi) is 5.15. The van der Waals surface area contributed by atoms with E-state index in [0.717, 1.165) is 39.3 Å². The molecular formula is C11H17BrN4O2. The first-order chi connectivity index (χ1) is 8.77. The molecule has 0 bridgehead atoms. The zero-order chi connectivity index (χ0) is 12.8. The fourth-order valence-electron chi connectivity index (χ4n) is 1.85. The van der Waals surface area contributed by atoms with Crippen molar-refractivity contribution in [1.29, 1.82) is 0 Å². The number of aromatic nitrogens is 2. The molecular weight excluding hydrogens is 300 g/mol. The van der Waals surface area contributed by atoms with Gasteiger partial charge < -0.3 is 10.1 Å². The van der Waals surface area contributed by atoms with Crippen LogP contribution in [0, 0.1) is 0 Å². The first-order valence-corrected chi connectivity index (χ1v) is 6.84. The van der Waals surface area contributed by atoms with Gasteiger partial charge in [-0.15, -0.1) is 0 Å². The third kappa shape index (κ3) is 3.79. The number of ether oxygens (including phenoxy) is 1. The van der Waals surface area contributed by atoms with Crippen LogP contribution in [0.2, 0.25) is 0 Å². The highest BCUT2D eigenvalue weighted by molar-refractivity contribution is 9.10. The minimum absolute atomic E-state index is 0.124. The first-order valence-electron chi connectivity index (χ1n) is 6.04. The summed E-state index contributed by atoms with van der Waals surface area (Å²) in [7, 11) is 0. The minimum atomic E-state index is -0.124. The van der Waals surface area contributed by atoms with Gasteiger partial charge in [0, 0.05) is 19.6 Å². The smallest absolute Gasteiger partial charge is 0.270 e. The predicted molar refractivity (Wildman–Crippen MR) is 70.5 cm³/mol. The van der Waals surface area contributed by atoms with Crippen LogP contribution in [-0.4, -0.2) is 60.4 Å². The molecule has 0 aromatic carbocycles. The number of amides is 1. The van der Waals surface area contributed by atoms with E-state index in [1.165, 1.54) is 0 Å². The molecule has 0 atom stereocenters. The van der Waals surface area contributed by atoms with Crippen molar-refractivity contribution < 1.29 is 9.53 Å². The summed E-state index contributed by atoms with van der Waals surface area (Å²) in [6.45, 7) is 5.26. The van der Waals surface area contributed by atoms with E-state index >= 15 is 0 Å². The predicted octanol–water partition coefficient (Wildman–Crippen LogP) is 0.624. The van der Waals surface area contributed by atoms with E-state index in [0.29, 0.717) is 16.7 Å². The van der Waals surface area contributed by atoms with E-state index < -0.39 is 0 Å². The van der Waals surface area contributed by atoms with Gasteiger partial charge in [0.2, 0.25) is 0 Å². The lowest BCUT2D eigenvalue weighted by Crippen LogP contribution is -2.38. The van der Waals surface area contributed by atoms with Crippen LogP contribution in [0.25, 0.3) is 0 Å². The number of H-pyrrole nitrogens is 1. The Labute approximate surface area is 114 Å². The summed E-state index contributed by atoms with van der Waals surface area (Å²) in [5, 5.41) is 9.32. The normalized spacial score (nSPS) is 16.7. The molecule has 100 valence electrons. The number of halogens is 1. The van der Waals surface area contributed by atoms with Crippen LogP contribution >= 0.6 is 15.9 Å². The Morgan fingerprint density at radius 3 is 3.00 bits per heavy atom. The molecule has 18 heavy (non-hydrogen) atoms. The zero-order valence-electron chi connectivity index (χ0n) is 10.1. The Morgan fingerprint density at radius 2 is 2.33 bits per heavy atom. The van der Waals surface area contributed by atoms with Crippen LogP contribution < -0.4 is 5.32 Å². The topological polar surface area (TPSA) is 70.2 Å². The average Bonchev–Trinajstić information content (AvgIpc) is 2.82. The van der Waals surface area contributed by atoms with Crippen LogP contribution in [0.15, 0.2) is 10.7 Å². The maximum absolute atomic E-state index is 11.7. The van der Waals surface area contributed by atoms with E-state index in [4.69, 9.17) is 4.74 Å². The number of morpholine rings is 1. The molecule has 0 saturated carbocycles. The van der Waals surface area contributed by atoms with Gasteiger partial charge >= 0.3 is 0 Å². The second kappa shape index (κ2) is 6.86. The summed E-state index contributed by atoms with van der Waals surface area (Å²) in [5.41, 5.74) is 0.473. The molecule has 6 nitrogen and oxygen atoms in total. The number of nitrogens with one attached hydrogen (secondary N) is 2. The molecule has 7 heteroatoms. The van der Waals surface area contributed by atoms with Gasteiger partial charge in [0.25, 0.3) is 5.91 Å². The number of aromatic amines is 1. The maximum Gasteiger partial charge on any atom is 0.270 e. The zero-order valence-corrected chi connectivity index (χ0v) is 11.7. The maximum atomic E-state index is 11.7. The number of hydrogen-bond acceptors (Lipinski definition) is 4. The van der Waals surface area contributed by atoms with E-state index in [9.17, 15) is 4.79 Å². The van der Waals surface area contributed by atoms with Crippen LogP contribution in [0.1, 0.15) is 16.9 Å². The van der Waals surface area contributed by atoms with Crippen molar-refractivity contribution in [3.05, 3.63) is 16.4 Å². The molecule has 0 radical (unpaired) electrons. The van der Waals surface area contributed by atoms with Crippen molar-refractivity contribution in [2.24, 2.45) is 0 Å². The molecule has 2 rings (SSSR count). The van der Waals surface area contributed by atoms with Gasteiger partial charge in [-0.3, -0.25) is 14.8 Å². The van der Waals surface area contributed by atoms with Crippen molar-refractivity contribution in [3.8, 4) is 0 Å². The largest absolute Gasteiger partial charge is 0.379 e. The standard InChI is InChI=1S/C11H17BrN4O2/c12-9-8-14-15-10(9)11(17)13-2-1-3-16-4-6-18-7-5-16/h8H,1-7H2,(H,13,17)(H,14,15).